The van der Waals surface area contributed by atoms with Gasteiger partial charge in [-0.1, -0.05) is 6.07 Å². The van der Waals surface area contributed by atoms with Gasteiger partial charge in [0.25, 0.3) is 0 Å². The lowest BCUT2D eigenvalue weighted by molar-refractivity contribution is -0.124. The van der Waals surface area contributed by atoms with E-state index in [1.807, 2.05) is 18.3 Å². The van der Waals surface area contributed by atoms with Gasteiger partial charge in [-0.15, -0.1) is 0 Å². The molecular weight excluding hydrogens is 280 g/mol. The van der Waals surface area contributed by atoms with Crippen molar-refractivity contribution in [2.75, 3.05) is 37.7 Å². The van der Waals surface area contributed by atoms with E-state index in [0.717, 1.165) is 50.6 Å². The Morgan fingerprint density at radius 2 is 2.45 bits per heavy atom. The van der Waals surface area contributed by atoms with Crippen LogP contribution >= 0.6 is 0 Å². The molecule has 2 saturated heterocycles. The zero-order chi connectivity index (χ0) is 15.4. The Bertz CT molecular complexity index is 499. The summed E-state index contributed by atoms with van der Waals surface area (Å²) in [6, 6.07) is 4.06. The molecule has 0 aromatic carbocycles. The number of amides is 1. The van der Waals surface area contributed by atoms with Gasteiger partial charge in [0.15, 0.2) is 0 Å². The quantitative estimate of drug-likeness (QED) is 0.849. The van der Waals surface area contributed by atoms with Crippen LogP contribution in [-0.2, 0) is 16.1 Å². The highest BCUT2D eigenvalue weighted by Gasteiger charge is 2.22. The third-order valence-electron chi connectivity index (χ3n) is 4.27. The molecule has 2 N–H and O–H groups in total. The third kappa shape index (κ3) is 3.75. The summed E-state index contributed by atoms with van der Waals surface area (Å²) in [6.45, 7) is 6.84. The number of nitrogens with zero attached hydrogens (tertiary/aromatic N) is 2. The fourth-order valence-electron chi connectivity index (χ4n) is 2.95. The van der Waals surface area contributed by atoms with E-state index in [1.165, 1.54) is 0 Å². The summed E-state index contributed by atoms with van der Waals surface area (Å²) in [7, 11) is 0. The molecule has 1 aromatic rings. The fraction of sp³-hybridized carbons (Fsp3) is 0.625. The van der Waals surface area contributed by atoms with E-state index >= 15 is 0 Å². The van der Waals surface area contributed by atoms with Crippen molar-refractivity contribution < 1.29 is 9.53 Å². The number of nitrogens with one attached hydrogen (secondary N) is 2. The van der Waals surface area contributed by atoms with Crippen molar-refractivity contribution in [3.8, 4) is 0 Å². The molecule has 0 saturated carbocycles. The van der Waals surface area contributed by atoms with E-state index in [0.29, 0.717) is 6.54 Å². The number of carbonyl (C=O) groups excluding carboxylic acids is 1. The number of anilines is 1. The summed E-state index contributed by atoms with van der Waals surface area (Å²) in [5.74, 6) is 1.23. The Morgan fingerprint density at radius 3 is 3.14 bits per heavy atom. The first-order valence-electron chi connectivity index (χ1n) is 8.02. The second-order valence-corrected chi connectivity index (χ2v) is 6.06. The van der Waals surface area contributed by atoms with Crippen LogP contribution in [0.3, 0.4) is 0 Å². The van der Waals surface area contributed by atoms with E-state index in [-0.39, 0.29) is 17.9 Å². The average Bonchev–Trinajstić information content (AvgIpc) is 3.08. The molecule has 3 heterocycles. The van der Waals surface area contributed by atoms with Crippen LogP contribution in [0.5, 0.6) is 0 Å². The summed E-state index contributed by atoms with van der Waals surface area (Å²) in [6.07, 6.45) is 3.02. The maximum absolute atomic E-state index is 12.0. The maximum atomic E-state index is 12.0. The minimum atomic E-state index is 0.113. The number of pyridine rings is 1. The van der Waals surface area contributed by atoms with Crippen molar-refractivity contribution in [1.82, 2.24) is 15.6 Å². The fourth-order valence-corrected chi connectivity index (χ4v) is 2.95. The number of rotatable bonds is 4. The smallest absolute Gasteiger partial charge is 0.224 e. The van der Waals surface area contributed by atoms with E-state index in [2.05, 4.69) is 27.4 Å². The molecule has 6 nitrogen and oxygen atoms in total. The Labute approximate surface area is 131 Å². The lowest BCUT2D eigenvalue weighted by Crippen LogP contribution is -2.41. The molecule has 2 aliphatic rings. The van der Waals surface area contributed by atoms with Gasteiger partial charge < -0.3 is 20.3 Å². The van der Waals surface area contributed by atoms with Crippen molar-refractivity contribution in [2.24, 2.45) is 5.92 Å². The summed E-state index contributed by atoms with van der Waals surface area (Å²) >= 11 is 0. The highest BCUT2D eigenvalue weighted by molar-refractivity contribution is 5.79. The topological polar surface area (TPSA) is 66.5 Å². The molecule has 22 heavy (non-hydrogen) atoms. The van der Waals surface area contributed by atoms with Crippen molar-refractivity contribution >= 4 is 11.7 Å². The number of aromatic nitrogens is 1. The summed E-state index contributed by atoms with van der Waals surface area (Å²) in [4.78, 5) is 18.7. The predicted molar refractivity (Wildman–Crippen MR) is 84.7 cm³/mol. The van der Waals surface area contributed by atoms with Crippen LogP contribution in [0.15, 0.2) is 18.3 Å². The average molecular weight is 304 g/mol. The van der Waals surface area contributed by atoms with Crippen LogP contribution in [-0.4, -0.2) is 49.8 Å². The molecule has 0 radical (unpaired) electrons. The van der Waals surface area contributed by atoms with Gasteiger partial charge in [0.1, 0.15) is 5.82 Å². The molecule has 2 unspecified atom stereocenters. The number of carbonyl (C=O) groups is 1. The molecule has 0 aliphatic carbocycles. The van der Waals surface area contributed by atoms with Crippen LogP contribution < -0.4 is 15.5 Å². The van der Waals surface area contributed by atoms with Crippen LogP contribution in [0.25, 0.3) is 0 Å². The highest BCUT2D eigenvalue weighted by atomic mass is 16.5. The third-order valence-corrected chi connectivity index (χ3v) is 4.27. The first-order chi connectivity index (χ1) is 10.7. The van der Waals surface area contributed by atoms with Gasteiger partial charge in [-0.25, -0.2) is 4.98 Å². The Morgan fingerprint density at radius 1 is 1.55 bits per heavy atom. The molecule has 0 spiro atoms. The Kier molecular flexibility index (Phi) is 4.90. The molecule has 6 heteroatoms. The second kappa shape index (κ2) is 7.07. The molecule has 0 bridgehead atoms. The summed E-state index contributed by atoms with van der Waals surface area (Å²) < 4.78 is 5.54. The predicted octanol–water partition coefficient (Wildman–Crippen LogP) is 0.532. The molecule has 1 aromatic heterocycles. The van der Waals surface area contributed by atoms with E-state index in [1.54, 1.807) is 0 Å². The van der Waals surface area contributed by atoms with Crippen molar-refractivity contribution in [2.45, 2.75) is 26.0 Å². The van der Waals surface area contributed by atoms with Gasteiger partial charge in [0.05, 0.1) is 18.6 Å². The lowest BCUT2D eigenvalue weighted by Gasteiger charge is -2.32. The molecular formula is C16H24N4O2. The minimum Gasteiger partial charge on any atom is -0.375 e. The Hall–Kier alpha value is -1.66. The molecule has 2 fully saturated rings. The second-order valence-electron chi connectivity index (χ2n) is 6.06. The molecule has 120 valence electrons. The standard InChI is InChI=1S/C16H24N4O2/c1-12-11-20(6-7-22-12)15-3-2-13(8-18-15)9-19-16(21)14-4-5-17-10-14/h2-3,8,12,14,17H,4-7,9-11H2,1H3,(H,19,21). The molecule has 2 aliphatic heterocycles. The first kappa shape index (κ1) is 15.2. The monoisotopic (exact) mass is 304 g/mol. The van der Waals surface area contributed by atoms with Gasteiger partial charge in [-0.2, -0.15) is 0 Å². The van der Waals surface area contributed by atoms with Crippen LogP contribution in [0, 0.1) is 5.92 Å². The van der Waals surface area contributed by atoms with Gasteiger partial charge in [-0.05, 0) is 31.5 Å². The lowest BCUT2D eigenvalue weighted by atomic mass is 10.1. The maximum Gasteiger partial charge on any atom is 0.224 e. The Balaban J connectivity index is 1.51. The number of ether oxygens (including phenoxy) is 1. The van der Waals surface area contributed by atoms with E-state index in [4.69, 9.17) is 4.74 Å². The first-order valence-corrected chi connectivity index (χ1v) is 8.02. The molecule has 1 amide bonds. The van der Waals surface area contributed by atoms with Gasteiger partial charge in [0.2, 0.25) is 5.91 Å². The van der Waals surface area contributed by atoms with Gasteiger partial charge in [0, 0.05) is 32.4 Å². The summed E-state index contributed by atoms with van der Waals surface area (Å²) in [5, 5.41) is 6.20. The largest absolute Gasteiger partial charge is 0.375 e. The van der Waals surface area contributed by atoms with Crippen molar-refractivity contribution in [1.29, 1.82) is 0 Å². The van der Waals surface area contributed by atoms with Crippen LogP contribution in [0.4, 0.5) is 5.82 Å². The number of hydrogen-bond acceptors (Lipinski definition) is 5. The van der Waals surface area contributed by atoms with Gasteiger partial charge >= 0.3 is 0 Å². The zero-order valence-electron chi connectivity index (χ0n) is 13.0. The minimum absolute atomic E-state index is 0.113. The molecule has 2 atom stereocenters. The van der Waals surface area contributed by atoms with E-state index in [9.17, 15) is 4.79 Å². The van der Waals surface area contributed by atoms with Gasteiger partial charge in [-0.3, -0.25) is 4.79 Å². The van der Waals surface area contributed by atoms with Crippen molar-refractivity contribution in [3.05, 3.63) is 23.9 Å². The molecule has 3 rings (SSSR count). The van der Waals surface area contributed by atoms with Crippen molar-refractivity contribution in [3.63, 3.8) is 0 Å². The normalized spacial score (nSPS) is 25.2. The summed E-state index contributed by atoms with van der Waals surface area (Å²) in [5.41, 5.74) is 1.03. The number of morpholine rings is 1. The zero-order valence-corrected chi connectivity index (χ0v) is 13.0. The van der Waals surface area contributed by atoms with Crippen LogP contribution in [0.2, 0.25) is 0 Å². The highest BCUT2D eigenvalue weighted by Crippen LogP contribution is 2.15. The SMILES string of the molecule is CC1CN(c2ccc(CNC(=O)C3CCNC3)cn2)CCO1. The number of hydrogen-bond donors (Lipinski definition) is 2. The van der Waals surface area contributed by atoms with E-state index < -0.39 is 0 Å². The van der Waals surface area contributed by atoms with Crippen LogP contribution in [0.1, 0.15) is 18.9 Å².